The highest BCUT2D eigenvalue weighted by Crippen LogP contribution is 2.26. The molecule has 28 heavy (non-hydrogen) atoms. The summed E-state index contributed by atoms with van der Waals surface area (Å²) in [7, 11) is 3.17. The van der Waals surface area contributed by atoms with Crippen molar-refractivity contribution in [1.29, 1.82) is 0 Å². The van der Waals surface area contributed by atoms with E-state index < -0.39 is 0 Å². The zero-order valence-electron chi connectivity index (χ0n) is 16.4. The van der Waals surface area contributed by atoms with Gasteiger partial charge in [0.05, 0.1) is 6.54 Å². The summed E-state index contributed by atoms with van der Waals surface area (Å²) in [5.74, 6) is 1.30. The Morgan fingerprint density at radius 3 is 2.54 bits per heavy atom. The van der Waals surface area contributed by atoms with Crippen LogP contribution in [-0.2, 0) is 20.6 Å². The van der Waals surface area contributed by atoms with E-state index in [9.17, 15) is 9.59 Å². The lowest BCUT2D eigenvalue weighted by atomic mass is 10.0. The monoisotopic (exact) mass is 401 g/mol. The van der Waals surface area contributed by atoms with E-state index in [4.69, 9.17) is 16.6 Å². The third-order valence-electron chi connectivity index (χ3n) is 5.52. The summed E-state index contributed by atoms with van der Waals surface area (Å²) in [6, 6.07) is 7.57. The maximum atomic E-state index is 13.0. The lowest BCUT2D eigenvalue weighted by Crippen LogP contribution is -2.38. The first-order valence-corrected chi connectivity index (χ1v) is 9.90. The number of rotatable bonds is 3. The highest BCUT2D eigenvalue weighted by molar-refractivity contribution is 6.30. The molecule has 0 radical (unpaired) electrons. The maximum absolute atomic E-state index is 13.0. The second-order valence-electron chi connectivity index (χ2n) is 7.70. The van der Waals surface area contributed by atoms with Crippen molar-refractivity contribution in [3.63, 3.8) is 0 Å². The van der Waals surface area contributed by atoms with Crippen molar-refractivity contribution in [1.82, 2.24) is 18.7 Å². The van der Waals surface area contributed by atoms with Crippen molar-refractivity contribution in [2.75, 3.05) is 18.0 Å². The molecule has 3 aromatic rings. The molecular formula is C20H24ClN5O2. The Hall–Kier alpha value is -2.54. The Kier molecular flexibility index (Phi) is 4.79. The smallest absolute Gasteiger partial charge is 0.332 e. The van der Waals surface area contributed by atoms with Gasteiger partial charge >= 0.3 is 5.69 Å². The first-order valence-electron chi connectivity index (χ1n) is 9.52. The third kappa shape index (κ3) is 3.13. The summed E-state index contributed by atoms with van der Waals surface area (Å²) in [6.07, 6.45) is 2.27. The molecule has 0 saturated carbocycles. The summed E-state index contributed by atoms with van der Waals surface area (Å²) in [5, 5.41) is 0.669. The van der Waals surface area contributed by atoms with E-state index >= 15 is 0 Å². The second-order valence-corrected chi connectivity index (χ2v) is 8.13. The molecule has 0 N–H and O–H groups in total. The van der Waals surface area contributed by atoms with Crippen LogP contribution >= 0.6 is 11.6 Å². The molecule has 1 aliphatic rings. The SMILES string of the molecule is CC1CCCN(c2nc3c(c(=O)n(C)c(=O)n3C)n2Cc2ccc(Cl)cc2)C1. The van der Waals surface area contributed by atoms with Crippen LogP contribution in [0.25, 0.3) is 11.2 Å². The van der Waals surface area contributed by atoms with Gasteiger partial charge in [0.15, 0.2) is 11.2 Å². The summed E-state index contributed by atoms with van der Waals surface area (Å²) < 4.78 is 4.54. The van der Waals surface area contributed by atoms with Crippen molar-refractivity contribution in [3.8, 4) is 0 Å². The zero-order valence-corrected chi connectivity index (χ0v) is 17.1. The molecule has 0 spiro atoms. The Bertz CT molecular complexity index is 1140. The van der Waals surface area contributed by atoms with Gasteiger partial charge in [0.2, 0.25) is 5.95 Å². The fourth-order valence-electron chi connectivity index (χ4n) is 3.97. The molecule has 8 heteroatoms. The van der Waals surface area contributed by atoms with Gasteiger partial charge in [-0.15, -0.1) is 0 Å². The summed E-state index contributed by atoms with van der Waals surface area (Å²) in [5.41, 5.74) is 1.21. The minimum absolute atomic E-state index is 0.323. The summed E-state index contributed by atoms with van der Waals surface area (Å²) in [4.78, 5) is 32.4. The molecule has 2 aromatic heterocycles. The topological polar surface area (TPSA) is 65.1 Å². The molecule has 1 aromatic carbocycles. The van der Waals surface area contributed by atoms with Crippen LogP contribution in [0, 0.1) is 5.92 Å². The van der Waals surface area contributed by atoms with Crippen LogP contribution < -0.4 is 16.1 Å². The average molecular weight is 402 g/mol. The molecule has 0 bridgehead atoms. The third-order valence-corrected chi connectivity index (χ3v) is 5.77. The molecular weight excluding hydrogens is 378 g/mol. The molecule has 1 fully saturated rings. The molecule has 148 valence electrons. The number of piperidine rings is 1. The van der Waals surface area contributed by atoms with Gasteiger partial charge in [-0.1, -0.05) is 30.7 Å². The predicted molar refractivity (Wildman–Crippen MR) is 111 cm³/mol. The highest BCUT2D eigenvalue weighted by Gasteiger charge is 2.25. The Morgan fingerprint density at radius 2 is 1.86 bits per heavy atom. The predicted octanol–water partition coefficient (Wildman–Crippen LogP) is 2.37. The van der Waals surface area contributed by atoms with E-state index in [2.05, 4.69) is 11.8 Å². The Balaban J connectivity index is 1.95. The zero-order chi connectivity index (χ0) is 20.0. The Labute approximate surface area is 167 Å². The van der Waals surface area contributed by atoms with E-state index in [-0.39, 0.29) is 11.2 Å². The van der Waals surface area contributed by atoms with Crippen molar-refractivity contribution in [2.24, 2.45) is 20.0 Å². The molecule has 1 atom stereocenters. The van der Waals surface area contributed by atoms with Crippen LogP contribution in [0.5, 0.6) is 0 Å². The lowest BCUT2D eigenvalue weighted by molar-refractivity contribution is 0.439. The first-order chi connectivity index (χ1) is 13.4. The standard InChI is InChI=1S/C20H24ClN5O2/c1-13-5-4-10-25(11-13)19-22-17-16(18(27)24(3)20(28)23(17)2)26(19)12-14-6-8-15(21)9-7-14/h6-9,13H,4-5,10-12H2,1-3H3. The number of imidazole rings is 1. The van der Waals surface area contributed by atoms with Crippen LogP contribution in [0.3, 0.4) is 0 Å². The van der Waals surface area contributed by atoms with Gasteiger partial charge in [-0.3, -0.25) is 18.5 Å². The number of anilines is 1. The quantitative estimate of drug-likeness (QED) is 0.675. The molecule has 1 unspecified atom stereocenters. The van der Waals surface area contributed by atoms with Gasteiger partial charge < -0.3 is 4.90 Å². The molecule has 7 nitrogen and oxygen atoms in total. The van der Waals surface area contributed by atoms with Crippen LogP contribution in [0.1, 0.15) is 25.3 Å². The van der Waals surface area contributed by atoms with E-state index in [0.717, 1.165) is 35.6 Å². The summed E-state index contributed by atoms with van der Waals surface area (Å²) >= 11 is 6.02. The minimum Gasteiger partial charge on any atom is -0.342 e. The van der Waals surface area contributed by atoms with E-state index in [1.54, 1.807) is 7.05 Å². The second kappa shape index (κ2) is 7.13. The lowest BCUT2D eigenvalue weighted by Gasteiger charge is -2.32. The van der Waals surface area contributed by atoms with Crippen molar-refractivity contribution in [2.45, 2.75) is 26.3 Å². The van der Waals surface area contributed by atoms with E-state index in [1.807, 2.05) is 28.8 Å². The molecule has 1 aliphatic heterocycles. The number of nitrogens with zero attached hydrogens (tertiary/aromatic N) is 5. The summed E-state index contributed by atoms with van der Waals surface area (Å²) in [6.45, 7) is 4.50. The molecule has 3 heterocycles. The largest absolute Gasteiger partial charge is 0.342 e. The van der Waals surface area contributed by atoms with Gasteiger partial charge in [0, 0.05) is 32.2 Å². The fourth-order valence-corrected chi connectivity index (χ4v) is 4.10. The number of hydrogen-bond donors (Lipinski definition) is 0. The molecule has 4 rings (SSSR count). The number of hydrogen-bond acceptors (Lipinski definition) is 4. The number of fused-ring (bicyclic) bond motifs is 1. The van der Waals surface area contributed by atoms with Crippen LogP contribution in [0.15, 0.2) is 33.9 Å². The first kappa shape index (κ1) is 18.8. The van der Waals surface area contributed by atoms with Gasteiger partial charge in [-0.25, -0.2) is 4.79 Å². The number of aryl methyl sites for hydroxylation is 1. The van der Waals surface area contributed by atoms with Crippen LogP contribution in [-0.4, -0.2) is 31.8 Å². The van der Waals surface area contributed by atoms with Gasteiger partial charge in [0.1, 0.15) is 0 Å². The maximum Gasteiger partial charge on any atom is 0.332 e. The van der Waals surface area contributed by atoms with E-state index in [0.29, 0.717) is 28.6 Å². The number of halogens is 1. The van der Waals surface area contributed by atoms with Crippen molar-refractivity contribution in [3.05, 3.63) is 55.7 Å². The fraction of sp³-hybridized carbons (Fsp3) is 0.450. The number of benzene rings is 1. The van der Waals surface area contributed by atoms with Crippen molar-refractivity contribution >= 4 is 28.7 Å². The molecule has 0 amide bonds. The van der Waals surface area contributed by atoms with Crippen LogP contribution in [0.4, 0.5) is 5.95 Å². The Morgan fingerprint density at radius 1 is 1.14 bits per heavy atom. The minimum atomic E-state index is -0.368. The van der Waals surface area contributed by atoms with Gasteiger partial charge in [-0.2, -0.15) is 4.98 Å². The molecule has 1 saturated heterocycles. The van der Waals surface area contributed by atoms with Crippen molar-refractivity contribution < 1.29 is 0 Å². The average Bonchev–Trinajstić information content (AvgIpc) is 3.06. The highest BCUT2D eigenvalue weighted by atomic mass is 35.5. The number of aromatic nitrogens is 4. The van der Waals surface area contributed by atoms with E-state index in [1.165, 1.54) is 18.0 Å². The van der Waals surface area contributed by atoms with Crippen LogP contribution in [0.2, 0.25) is 5.02 Å². The van der Waals surface area contributed by atoms with Gasteiger partial charge in [-0.05, 0) is 36.5 Å². The molecule has 0 aliphatic carbocycles. The normalized spacial score (nSPS) is 17.4. The van der Waals surface area contributed by atoms with Gasteiger partial charge in [0.25, 0.3) is 5.56 Å².